The summed E-state index contributed by atoms with van der Waals surface area (Å²) in [6, 6.07) is 15.7. The molecule has 28 heavy (non-hydrogen) atoms. The first-order valence-corrected chi connectivity index (χ1v) is 10.4. The number of aromatic nitrogens is 1. The normalized spacial score (nSPS) is 10.7. The molecule has 0 aliphatic rings. The number of ether oxygens (including phenoxy) is 1. The van der Waals surface area contributed by atoms with Crippen LogP contribution in [0.4, 0.5) is 0 Å². The van der Waals surface area contributed by atoms with Crippen molar-refractivity contribution in [2.24, 2.45) is 0 Å². The maximum atomic E-state index is 12.9. The van der Waals surface area contributed by atoms with E-state index in [1.165, 1.54) is 5.56 Å². The van der Waals surface area contributed by atoms with Crippen molar-refractivity contribution in [3.05, 3.63) is 81.3 Å². The van der Waals surface area contributed by atoms with Crippen LogP contribution < -0.4 is 4.74 Å². The van der Waals surface area contributed by atoms with Crippen LogP contribution in [0.2, 0.25) is 0 Å². The van der Waals surface area contributed by atoms with E-state index in [0.717, 1.165) is 34.0 Å². The molecule has 3 rings (SSSR count). The van der Waals surface area contributed by atoms with Crippen LogP contribution in [0, 0.1) is 13.8 Å². The molecule has 0 atom stereocenters. The average Bonchev–Trinajstić information content (AvgIpc) is 3.14. The summed E-state index contributed by atoms with van der Waals surface area (Å²) < 4.78 is 5.81. The summed E-state index contributed by atoms with van der Waals surface area (Å²) in [5.41, 5.74) is 3.93. The standard InChI is InChI=1S/C23H26N2O2S/c1-4-12-25(23(26)19-7-5-6-18(3)13-19)14-20-16-28-22(24-20)15-27-21-10-8-17(2)9-11-21/h5-11,13,16H,4,12,14-15H2,1-3H3. The van der Waals surface area contributed by atoms with E-state index in [4.69, 9.17) is 4.74 Å². The molecule has 2 aromatic carbocycles. The molecule has 0 N–H and O–H groups in total. The van der Waals surface area contributed by atoms with Crippen molar-refractivity contribution in [1.29, 1.82) is 0 Å². The van der Waals surface area contributed by atoms with Crippen molar-refractivity contribution < 1.29 is 9.53 Å². The van der Waals surface area contributed by atoms with Gasteiger partial charge in [0.25, 0.3) is 5.91 Å². The fourth-order valence-electron chi connectivity index (χ4n) is 2.95. The molecule has 4 nitrogen and oxygen atoms in total. The van der Waals surface area contributed by atoms with Crippen molar-refractivity contribution in [2.75, 3.05) is 6.54 Å². The molecule has 1 aromatic heterocycles. The predicted octanol–water partition coefficient (Wildman–Crippen LogP) is 5.39. The molecule has 1 heterocycles. The molecule has 0 fully saturated rings. The van der Waals surface area contributed by atoms with E-state index in [9.17, 15) is 4.79 Å². The van der Waals surface area contributed by atoms with E-state index in [2.05, 4.69) is 18.8 Å². The van der Waals surface area contributed by atoms with E-state index in [0.29, 0.717) is 19.7 Å². The van der Waals surface area contributed by atoms with Gasteiger partial charge in [-0.15, -0.1) is 11.3 Å². The lowest BCUT2D eigenvalue weighted by Crippen LogP contribution is -2.31. The van der Waals surface area contributed by atoms with Crippen LogP contribution in [0.3, 0.4) is 0 Å². The molecule has 3 aromatic rings. The first-order valence-electron chi connectivity index (χ1n) is 9.54. The Morgan fingerprint density at radius 3 is 2.61 bits per heavy atom. The third-order valence-corrected chi connectivity index (χ3v) is 5.25. The Morgan fingerprint density at radius 2 is 1.89 bits per heavy atom. The maximum absolute atomic E-state index is 12.9. The number of amides is 1. The van der Waals surface area contributed by atoms with Gasteiger partial charge < -0.3 is 9.64 Å². The van der Waals surface area contributed by atoms with Crippen LogP contribution in [0.1, 0.15) is 45.5 Å². The molecule has 0 saturated carbocycles. The number of aryl methyl sites for hydroxylation is 2. The van der Waals surface area contributed by atoms with Gasteiger partial charge in [0, 0.05) is 17.5 Å². The van der Waals surface area contributed by atoms with E-state index in [-0.39, 0.29) is 5.91 Å². The number of benzene rings is 2. The van der Waals surface area contributed by atoms with Crippen molar-refractivity contribution >= 4 is 17.2 Å². The monoisotopic (exact) mass is 394 g/mol. The van der Waals surface area contributed by atoms with Gasteiger partial charge in [-0.05, 0) is 44.5 Å². The summed E-state index contributed by atoms with van der Waals surface area (Å²) in [4.78, 5) is 19.4. The Hall–Kier alpha value is -2.66. The smallest absolute Gasteiger partial charge is 0.254 e. The number of carbonyl (C=O) groups is 1. The fourth-order valence-corrected chi connectivity index (χ4v) is 3.64. The molecule has 0 aliphatic carbocycles. The second-order valence-electron chi connectivity index (χ2n) is 6.93. The second kappa shape index (κ2) is 9.51. The highest BCUT2D eigenvalue weighted by Crippen LogP contribution is 2.18. The lowest BCUT2D eigenvalue weighted by molar-refractivity contribution is 0.0741. The molecular formula is C23H26N2O2S. The molecular weight excluding hydrogens is 368 g/mol. The molecule has 0 aliphatic heterocycles. The van der Waals surface area contributed by atoms with Crippen molar-refractivity contribution in [2.45, 2.75) is 40.3 Å². The molecule has 0 unspecified atom stereocenters. The van der Waals surface area contributed by atoms with Crippen molar-refractivity contribution in [1.82, 2.24) is 9.88 Å². The molecule has 5 heteroatoms. The molecule has 0 spiro atoms. The molecule has 0 saturated heterocycles. The second-order valence-corrected chi connectivity index (χ2v) is 7.87. The minimum absolute atomic E-state index is 0.0519. The van der Waals surface area contributed by atoms with Gasteiger partial charge in [-0.3, -0.25) is 4.79 Å². The maximum Gasteiger partial charge on any atom is 0.254 e. The van der Waals surface area contributed by atoms with Gasteiger partial charge in [-0.25, -0.2) is 4.98 Å². The zero-order valence-corrected chi connectivity index (χ0v) is 17.5. The predicted molar refractivity (Wildman–Crippen MR) is 114 cm³/mol. The lowest BCUT2D eigenvalue weighted by atomic mass is 10.1. The Kier molecular flexibility index (Phi) is 6.82. The average molecular weight is 395 g/mol. The number of nitrogens with zero attached hydrogens (tertiary/aromatic N) is 2. The highest BCUT2D eigenvalue weighted by atomic mass is 32.1. The summed E-state index contributed by atoms with van der Waals surface area (Å²) >= 11 is 1.57. The number of hydrogen-bond acceptors (Lipinski definition) is 4. The lowest BCUT2D eigenvalue weighted by Gasteiger charge is -2.21. The zero-order valence-electron chi connectivity index (χ0n) is 16.6. The quantitative estimate of drug-likeness (QED) is 0.514. The summed E-state index contributed by atoms with van der Waals surface area (Å²) in [5.74, 6) is 0.889. The molecule has 0 radical (unpaired) electrons. The van der Waals surface area contributed by atoms with Crippen LogP contribution >= 0.6 is 11.3 Å². The van der Waals surface area contributed by atoms with Gasteiger partial charge in [-0.2, -0.15) is 0 Å². The molecule has 0 bridgehead atoms. The summed E-state index contributed by atoms with van der Waals surface area (Å²) in [7, 11) is 0. The van der Waals surface area contributed by atoms with Crippen LogP contribution in [-0.2, 0) is 13.2 Å². The third kappa shape index (κ3) is 5.42. The third-order valence-electron chi connectivity index (χ3n) is 4.38. The highest BCUT2D eigenvalue weighted by Gasteiger charge is 2.17. The minimum Gasteiger partial charge on any atom is -0.486 e. The van der Waals surface area contributed by atoms with E-state index in [1.54, 1.807) is 11.3 Å². The Morgan fingerprint density at radius 1 is 1.11 bits per heavy atom. The number of rotatable bonds is 8. The van der Waals surface area contributed by atoms with Gasteiger partial charge in [0.2, 0.25) is 0 Å². The zero-order chi connectivity index (χ0) is 19.9. The van der Waals surface area contributed by atoms with Gasteiger partial charge in [-0.1, -0.05) is 42.3 Å². The van der Waals surface area contributed by atoms with Gasteiger partial charge >= 0.3 is 0 Å². The van der Waals surface area contributed by atoms with E-state index in [1.807, 2.05) is 65.7 Å². The Balaban J connectivity index is 1.63. The van der Waals surface area contributed by atoms with Crippen LogP contribution in [0.25, 0.3) is 0 Å². The number of carbonyl (C=O) groups excluding carboxylic acids is 1. The van der Waals surface area contributed by atoms with Crippen molar-refractivity contribution in [3.8, 4) is 5.75 Å². The fraction of sp³-hybridized carbons (Fsp3) is 0.304. The van der Waals surface area contributed by atoms with Crippen molar-refractivity contribution in [3.63, 3.8) is 0 Å². The van der Waals surface area contributed by atoms with Gasteiger partial charge in [0.1, 0.15) is 17.4 Å². The van der Waals surface area contributed by atoms with Gasteiger partial charge in [0.05, 0.1) is 12.2 Å². The first-order chi connectivity index (χ1) is 13.5. The summed E-state index contributed by atoms with van der Waals surface area (Å²) in [6.07, 6.45) is 0.908. The Labute approximate surface area is 170 Å². The Bertz CT molecular complexity index is 918. The molecule has 1 amide bonds. The summed E-state index contributed by atoms with van der Waals surface area (Å²) in [6.45, 7) is 7.80. The van der Waals surface area contributed by atoms with Crippen LogP contribution in [0.15, 0.2) is 53.9 Å². The largest absolute Gasteiger partial charge is 0.486 e. The highest BCUT2D eigenvalue weighted by molar-refractivity contribution is 7.09. The number of thiazole rings is 1. The van der Waals surface area contributed by atoms with Gasteiger partial charge in [0.15, 0.2) is 0 Å². The van der Waals surface area contributed by atoms with Crippen LogP contribution in [-0.4, -0.2) is 22.3 Å². The van der Waals surface area contributed by atoms with E-state index < -0.39 is 0 Å². The number of hydrogen-bond donors (Lipinski definition) is 0. The minimum atomic E-state index is 0.0519. The molecule has 146 valence electrons. The summed E-state index contributed by atoms with van der Waals surface area (Å²) in [5, 5.41) is 2.93. The van der Waals surface area contributed by atoms with E-state index >= 15 is 0 Å². The first kappa shape index (κ1) is 20.1. The van der Waals surface area contributed by atoms with Crippen LogP contribution in [0.5, 0.6) is 5.75 Å². The topological polar surface area (TPSA) is 42.4 Å². The SMILES string of the molecule is CCCN(Cc1csc(COc2ccc(C)cc2)n1)C(=O)c1cccc(C)c1.